The van der Waals surface area contributed by atoms with E-state index in [1.807, 2.05) is 6.07 Å². The monoisotopic (exact) mass is 442 g/mol. The molecule has 9 heteroatoms. The van der Waals surface area contributed by atoms with Gasteiger partial charge in [0.2, 0.25) is 11.8 Å². The van der Waals surface area contributed by atoms with Gasteiger partial charge in [-0.3, -0.25) is 14.5 Å². The fourth-order valence-electron chi connectivity index (χ4n) is 3.82. The molecular formula is C23H31FN6O2. The molecule has 0 unspecified atom stereocenters. The third kappa shape index (κ3) is 5.79. The van der Waals surface area contributed by atoms with Gasteiger partial charge in [0.15, 0.2) is 0 Å². The first kappa shape index (κ1) is 23.6. The van der Waals surface area contributed by atoms with Gasteiger partial charge in [-0.05, 0) is 38.4 Å². The van der Waals surface area contributed by atoms with E-state index in [-0.39, 0.29) is 30.2 Å². The summed E-state index contributed by atoms with van der Waals surface area (Å²) in [5.74, 6) is 0.719. The predicted molar refractivity (Wildman–Crippen MR) is 122 cm³/mol. The second-order valence-electron chi connectivity index (χ2n) is 8.17. The normalized spacial score (nSPS) is 16.5. The van der Waals surface area contributed by atoms with Crippen LogP contribution in [-0.4, -0.2) is 58.8 Å². The van der Waals surface area contributed by atoms with Crippen molar-refractivity contribution in [1.29, 1.82) is 0 Å². The van der Waals surface area contributed by atoms with Crippen LogP contribution >= 0.6 is 0 Å². The number of carbonyl (C=O) groups excluding carboxylic acids is 2. The van der Waals surface area contributed by atoms with Crippen LogP contribution in [0.3, 0.4) is 0 Å². The Hall–Kier alpha value is -3.07. The molecule has 1 aromatic heterocycles. The molecule has 1 aliphatic rings. The number of hydrogen-bond acceptors (Lipinski definition) is 6. The van der Waals surface area contributed by atoms with E-state index in [1.54, 1.807) is 38.1 Å². The van der Waals surface area contributed by atoms with E-state index in [4.69, 9.17) is 4.98 Å². The van der Waals surface area contributed by atoms with Crippen LogP contribution in [0.4, 0.5) is 15.9 Å². The molecule has 0 bridgehead atoms. The number of halogens is 1. The van der Waals surface area contributed by atoms with E-state index in [9.17, 15) is 14.0 Å². The second kappa shape index (κ2) is 10.5. The fraction of sp³-hybridized carbons (Fsp3) is 0.478. The van der Waals surface area contributed by atoms with E-state index >= 15 is 0 Å². The van der Waals surface area contributed by atoms with Crippen LogP contribution in [0.2, 0.25) is 0 Å². The number of nitrogens with zero attached hydrogens (tertiary/aromatic N) is 4. The van der Waals surface area contributed by atoms with Crippen LogP contribution in [0.1, 0.15) is 49.3 Å². The second-order valence-corrected chi connectivity index (χ2v) is 8.17. The maximum absolute atomic E-state index is 13.8. The Morgan fingerprint density at radius 1 is 1.28 bits per heavy atom. The number of benzene rings is 1. The average molecular weight is 443 g/mol. The average Bonchev–Trinajstić information content (AvgIpc) is 2.77. The summed E-state index contributed by atoms with van der Waals surface area (Å²) in [7, 11) is 3.52. The standard InChI is InChI=1S/C23H31FN6O2/c1-15-18(24)8-7-9-19(15)27-22(32)14-30-11-6-5-10-20(30)23-26-17(12-21(25-3)28-23)13-29(4)16(2)31/h7-9,12,20H,5-6,10-11,13-14H2,1-4H3,(H,27,32)(H,25,26,28)/t20-/m1/s1. The minimum absolute atomic E-state index is 0.0419. The first-order chi connectivity index (χ1) is 15.3. The van der Waals surface area contributed by atoms with Crippen LogP contribution in [0.5, 0.6) is 0 Å². The van der Waals surface area contributed by atoms with Crippen molar-refractivity contribution in [2.45, 2.75) is 45.7 Å². The Bertz CT molecular complexity index is 983. The molecule has 2 heterocycles. The molecule has 2 aromatic rings. The smallest absolute Gasteiger partial charge is 0.238 e. The predicted octanol–water partition coefficient (Wildman–Crippen LogP) is 3.11. The molecule has 1 atom stereocenters. The molecule has 8 nitrogen and oxygen atoms in total. The molecule has 2 N–H and O–H groups in total. The summed E-state index contributed by atoms with van der Waals surface area (Å²) < 4.78 is 13.8. The van der Waals surface area contributed by atoms with Crippen molar-refractivity contribution in [1.82, 2.24) is 19.8 Å². The molecule has 1 aliphatic heterocycles. The molecule has 1 aromatic carbocycles. The minimum Gasteiger partial charge on any atom is -0.373 e. The SMILES string of the molecule is CNc1cc(CN(C)C(C)=O)nc([C@H]2CCCCN2CC(=O)Nc2cccc(F)c2C)n1. The number of anilines is 2. The van der Waals surface area contributed by atoms with E-state index in [1.165, 1.54) is 13.0 Å². The summed E-state index contributed by atoms with van der Waals surface area (Å²) in [5.41, 5.74) is 1.63. The van der Waals surface area contributed by atoms with Crippen molar-refractivity contribution in [2.75, 3.05) is 37.8 Å². The number of aromatic nitrogens is 2. The third-order valence-electron chi connectivity index (χ3n) is 5.79. The van der Waals surface area contributed by atoms with Gasteiger partial charge in [-0.15, -0.1) is 0 Å². The first-order valence-corrected chi connectivity index (χ1v) is 10.8. The Balaban J connectivity index is 1.79. The molecule has 32 heavy (non-hydrogen) atoms. The van der Waals surface area contributed by atoms with Gasteiger partial charge in [0.1, 0.15) is 17.5 Å². The lowest BCUT2D eigenvalue weighted by Gasteiger charge is -2.34. The van der Waals surface area contributed by atoms with Crippen molar-refractivity contribution in [3.63, 3.8) is 0 Å². The number of amides is 2. The number of nitrogens with one attached hydrogen (secondary N) is 2. The lowest BCUT2D eigenvalue weighted by atomic mass is 10.0. The molecule has 0 aliphatic carbocycles. The van der Waals surface area contributed by atoms with Gasteiger partial charge < -0.3 is 15.5 Å². The van der Waals surface area contributed by atoms with Crippen LogP contribution in [0.15, 0.2) is 24.3 Å². The number of carbonyl (C=O) groups is 2. The summed E-state index contributed by atoms with van der Waals surface area (Å²) in [6.45, 7) is 4.45. The fourth-order valence-corrected chi connectivity index (χ4v) is 3.82. The molecule has 2 amide bonds. The third-order valence-corrected chi connectivity index (χ3v) is 5.79. The van der Waals surface area contributed by atoms with Crippen LogP contribution in [0, 0.1) is 12.7 Å². The van der Waals surface area contributed by atoms with Gasteiger partial charge >= 0.3 is 0 Å². The van der Waals surface area contributed by atoms with Gasteiger partial charge in [0, 0.05) is 38.3 Å². The zero-order valence-corrected chi connectivity index (χ0v) is 19.1. The highest BCUT2D eigenvalue weighted by Gasteiger charge is 2.29. The van der Waals surface area contributed by atoms with Gasteiger partial charge in [-0.2, -0.15) is 0 Å². The first-order valence-electron chi connectivity index (χ1n) is 10.8. The molecule has 1 fully saturated rings. The van der Waals surface area contributed by atoms with Crippen molar-refractivity contribution >= 4 is 23.3 Å². The van der Waals surface area contributed by atoms with Gasteiger partial charge in [0.25, 0.3) is 0 Å². The Labute approximate surface area is 188 Å². The van der Waals surface area contributed by atoms with Crippen molar-refractivity contribution in [2.24, 2.45) is 0 Å². The molecule has 0 radical (unpaired) electrons. The Morgan fingerprint density at radius 2 is 2.06 bits per heavy atom. The molecule has 172 valence electrons. The summed E-state index contributed by atoms with van der Waals surface area (Å²) >= 11 is 0. The summed E-state index contributed by atoms with van der Waals surface area (Å²) in [4.78, 5) is 37.4. The number of hydrogen-bond donors (Lipinski definition) is 2. The van der Waals surface area contributed by atoms with Crippen molar-refractivity contribution in [3.8, 4) is 0 Å². The highest BCUT2D eigenvalue weighted by Crippen LogP contribution is 2.30. The van der Waals surface area contributed by atoms with E-state index in [2.05, 4.69) is 20.5 Å². The number of rotatable bonds is 7. The largest absolute Gasteiger partial charge is 0.373 e. The summed E-state index contributed by atoms with van der Waals surface area (Å²) in [6, 6.07) is 6.37. The molecule has 3 rings (SSSR count). The number of likely N-dealkylation sites (tertiary alicyclic amines) is 1. The molecule has 0 spiro atoms. The zero-order valence-electron chi connectivity index (χ0n) is 19.1. The maximum Gasteiger partial charge on any atom is 0.238 e. The van der Waals surface area contributed by atoms with Crippen LogP contribution < -0.4 is 10.6 Å². The topological polar surface area (TPSA) is 90.5 Å². The Kier molecular flexibility index (Phi) is 7.74. The van der Waals surface area contributed by atoms with Crippen molar-refractivity contribution in [3.05, 3.63) is 47.2 Å². The number of piperidine rings is 1. The lowest BCUT2D eigenvalue weighted by Crippen LogP contribution is -2.40. The summed E-state index contributed by atoms with van der Waals surface area (Å²) in [5, 5.41) is 5.89. The van der Waals surface area contributed by atoms with E-state index < -0.39 is 0 Å². The zero-order chi connectivity index (χ0) is 23.3. The van der Waals surface area contributed by atoms with Crippen LogP contribution in [-0.2, 0) is 16.1 Å². The molecular weight excluding hydrogens is 411 g/mol. The van der Waals surface area contributed by atoms with Gasteiger partial charge in [-0.1, -0.05) is 12.5 Å². The lowest BCUT2D eigenvalue weighted by molar-refractivity contribution is -0.128. The maximum atomic E-state index is 13.8. The molecule has 1 saturated heterocycles. The molecule has 0 saturated carbocycles. The van der Waals surface area contributed by atoms with Crippen molar-refractivity contribution < 1.29 is 14.0 Å². The summed E-state index contributed by atoms with van der Waals surface area (Å²) in [6.07, 6.45) is 2.83. The quantitative estimate of drug-likeness (QED) is 0.685. The van der Waals surface area contributed by atoms with E-state index in [0.717, 1.165) is 31.5 Å². The highest BCUT2D eigenvalue weighted by molar-refractivity contribution is 5.93. The van der Waals surface area contributed by atoms with Gasteiger partial charge in [-0.25, -0.2) is 14.4 Å². The van der Waals surface area contributed by atoms with Gasteiger partial charge in [0.05, 0.1) is 24.8 Å². The van der Waals surface area contributed by atoms with Crippen LogP contribution in [0.25, 0.3) is 0 Å². The van der Waals surface area contributed by atoms with E-state index in [0.29, 0.717) is 29.4 Å². The highest BCUT2D eigenvalue weighted by atomic mass is 19.1. The minimum atomic E-state index is -0.348. The Morgan fingerprint density at radius 3 is 2.78 bits per heavy atom.